The molecule has 1 fully saturated rings. The fourth-order valence-electron chi connectivity index (χ4n) is 2.88. The molecule has 1 N–H and O–H groups in total. The third kappa shape index (κ3) is 4.36. The van der Waals surface area contributed by atoms with Gasteiger partial charge in [-0.3, -0.25) is 9.78 Å². The van der Waals surface area contributed by atoms with Gasteiger partial charge in [0.1, 0.15) is 11.5 Å². The summed E-state index contributed by atoms with van der Waals surface area (Å²) in [5.41, 5.74) is 1.50. The highest BCUT2D eigenvalue weighted by molar-refractivity contribution is 7.92. The van der Waals surface area contributed by atoms with Gasteiger partial charge in [0.05, 0.1) is 11.0 Å². The number of nitrogens with one attached hydrogen (secondary N) is 1. The van der Waals surface area contributed by atoms with Crippen molar-refractivity contribution >= 4 is 21.4 Å². The normalized spacial score (nSPS) is 18.7. The smallest absolute Gasteiger partial charge is 0.225 e. The Morgan fingerprint density at radius 1 is 1.24 bits per heavy atom. The van der Waals surface area contributed by atoms with Crippen LogP contribution in [0.3, 0.4) is 0 Å². The molecule has 1 aliphatic heterocycles. The van der Waals surface area contributed by atoms with Gasteiger partial charge >= 0.3 is 0 Å². The predicted octanol–water partition coefficient (Wildman–Crippen LogP) is 3.09. The highest BCUT2D eigenvalue weighted by Gasteiger charge is 2.32. The molecule has 25 heavy (non-hydrogen) atoms. The van der Waals surface area contributed by atoms with E-state index in [4.69, 9.17) is 4.74 Å². The molecule has 1 aliphatic rings. The number of benzene rings is 1. The van der Waals surface area contributed by atoms with Gasteiger partial charge in [-0.1, -0.05) is 0 Å². The zero-order valence-electron chi connectivity index (χ0n) is 13.9. The molecule has 6 nitrogen and oxygen atoms in total. The van der Waals surface area contributed by atoms with E-state index in [9.17, 15) is 13.2 Å². The lowest BCUT2D eigenvalue weighted by atomic mass is 10.1. The van der Waals surface area contributed by atoms with Crippen LogP contribution in [0.1, 0.15) is 24.8 Å². The Kier molecular flexibility index (Phi) is 5.03. The standard InChI is InChI=1S/C18H20N2O4S/c1-13-11-15(24-14-6-8-19-9-7-14)4-5-17(13)20-18(21)12-16-3-2-10-25(16,22)23/h4-9,11,16H,2-3,10,12H2,1H3,(H,20,21). The maximum Gasteiger partial charge on any atom is 0.225 e. The third-order valence-corrected chi connectivity index (χ3v) is 6.51. The van der Waals surface area contributed by atoms with Crippen molar-refractivity contribution in [1.82, 2.24) is 4.98 Å². The van der Waals surface area contributed by atoms with Crippen LogP contribution < -0.4 is 10.1 Å². The van der Waals surface area contributed by atoms with Crippen molar-refractivity contribution in [2.24, 2.45) is 0 Å². The first kappa shape index (κ1) is 17.4. The number of nitrogens with zero attached hydrogens (tertiary/aromatic N) is 1. The molecule has 1 saturated heterocycles. The van der Waals surface area contributed by atoms with Gasteiger partial charge in [0.2, 0.25) is 5.91 Å². The minimum Gasteiger partial charge on any atom is -0.457 e. The van der Waals surface area contributed by atoms with Crippen LogP contribution in [0.15, 0.2) is 42.7 Å². The van der Waals surface area contributed by atoms with E-state index in [1.54, 1.807) is 36.7 Å². The van der Waals surface area contributed by atoms with E-state index in [1.807, 2.05) is 13.0 Å². The van der Waals surface area contributed by atoms with Crippen molar-refractivity contribution in [1.29, 1.82) is 0 Å². The lowest BCUT2D eigenvalue weighted by molar-refractivity contribution is -0.116. The first-order valence-electron chi connectivity index (χ1n) is 8.14. The summed E-state index contributed by atoms with van der Waals surface area (Å²) in [6, 6.07) is 8.85. The minimum atomic E-state index is -3.11. The second-order valence-corrected chi connectivity index (χ2v) is 8.55. The number of anilines is 1. The third-order valence-electron chi connectivity index (χ3n) is 4.23. The molecule has 1 aromatic carbocycles. The number of rotatable bonds is 5. The van der Waals surface area contributed by atoms with Crippen LogP contribution in [-0.4, -0.2) is 30.3 Å². The van der Waals surface area contributed by atoms with E-state index in [-0.39, 0.29) is 18.1 Å². The zero-order valence-corrected chi connectivity index (χ0v) is 14.8. The van der Waals surface area contributed by atoms with Crippen LogP contribution >= 0.6 is 0 Å². The summed E-state index contributed by atoms with van der Waals surface area (Å²) in [4.78, 5) is 16.1. The van der Waals surface area contributed by atoms with Gasteiger partial charge in [-0.2, -0.15) is 0 Å². The number of carbonyl (C=O) groups excluding carboxylic acids is 1. The van der Waals surface area contributed by atoms with Gasteiger partial charge in [0, 0.05) is 24.5 Å². The van der Waals surface area contributed by atoms with E-state index in [0.717, 1.165) is 5.56 Å². The molecule has 0 radical (unpaired) electrons. The van der Waals surface area contributed by atoms with Gasteiger partial charge in [-0.25, -0.2) is 8.42 Å². The summed E-state index contributed by atoms with van der Waals surface area (Å²) in [6.45, 7) is 1.86. The number of aromatic nitrogens is 1. The molecule has 132 valence electrons. The van der Waals surface area contributed by atoms with Crippen LogP contribution in [0.5, 0.6) is 11.5 Å². The summed E-state index contributed by atoms with van der Waals surface area (Å²) in [6.07, 6.45) is 4.51. The van der Waals surface area contributed by atoms with E-state index >= 15 is 0 Å². The van der Waals surface area contributed by atoms with Gasteiger partial charge in [-0.15, -0.1) is 0 Å². The topological polar surface area (TPSA) is 85.4 Å². The van der Waals surface area contributed by atoms with Crippen LogP contribution in [0.4, 0.5) is 5.69 Å². The van der Waals surface area contributed by atoms with Crippen LogP contribution in [0, 0.1) is 6.92 Å². The van der Waals surface area contributed by atoms with Crippen molar-refractivity contribution in [3.05, 3.63) is 48.3 Å². The second kappa shape index (κ2) is 7.23. The molecular formula is C18H20N2O4S. The lowest BCUT2D eigenvalue weighted by Crippen LogP contribution is -2.24. The van der Waals surface area contributed by atoms with Crippen molar-refractivity contribution in [2.45, 2.75) is 31.4 Å². The molecule has 7 heteroatoms. The van der Waals surface area contributed by atoms with E-state index < -0.39 is 15.1 Å². The minimum absolute atomic E-state index is 0.0110. The molecule has 0 bridgehead atoms. The number of carbonyl (C=O) groups is 1. The van der Waals surface area contributed by atoms with Gasteiger partial charge in [-0.05, 0) is 55.7 Å². The number of ether oxygens (including phenoxy) is 1. The Morgan fingerprint density at radius 3 is 2.64 bits per heavy atom. The Bertz CT molecular complexity index is 866. The largest absolute Gasteiger partial charge is 0.457 e. The van der Waals surface area contributed by atoms with Gasteiger partial charge < -0.3 is 10.1 Å². The molecule has 0 aliphatic carbocycles. The second-order valence-electron chi connectivity index (χ2n) is 6.15. The van der Waals surface area contributed by atoms with Crippen molar-refractivity contribution in [3.8, 4) is 11.5 Å². The SMILES string of the molecule is Cc1cc(Oc2ccncc2)ccc1NC(=O)CC1CCCS1(=O)=O. The highest BCUT2D eigenvalue weighted by Crippen LogP contribution is 2.27. The molecule has 1 atom stereocenters. The number of pyridine rings is 1. The molecule has 1 unspecified atom stereocenters. The maximum atomic E-state index is 12.2. The molecule has 1 amide bonds. The average molecular weight is 360 g/mol. The fraction of sp³-hybridized carbons (Fsp3) is 0.333. The molecule has 2 heterocycles. The quantitative estimate of drug-likeness (QED) is 0.885. The monoisotopic (exact) mass is 360 g/mol. The molecule has 0 spiro atoms. The molecule has 0 saturated carbocycles. The fourth-order valence-corrected chi connectivity index (χ4v) is 4.71. The van der Waals surface area contributed by atoms with Gasteiger partial charge in [0.25, 0.3) is 0 Å². The molecule has 3 rings (SSSR count). The maximum absolute atomic E-state index is 12.2. The van der Waals surface area contributed by atoms with Gasteiger partial charge in [0.15, 0.2) is 9.84 Å². The van der Waals surface area contributed by atoms with Crippen LogP contribution in [0.2, 0.25) is 0 Å². The molecule has 2 aromatic rings. The summed E-state index contributed by atoms with van der Waals surface area (Å²) in [5, 5.41) is 2.24. The molecular weight excluding hydrogens is 340 g/mol. The van der Waals surface area contributed by atoms with E-state index in [2.05, 4.69) is 10.3 Å². The zero-order chi connectivity index (χ0) is 17.9. The summed E-state index contributed by atoms with van der Waals surface area (Å²) in [5.74, 6) is 1.24. The van der Waals surface area contributed by atoms with E-state index in [1.165, 1.54) is 0 Å². The Balaban J connectivity index is 1.64. The number of sulfone groups is 1. The molecule has 1 aromatic heterocycles. The number of hydrogen-bond acceptors (Lipinski definition) is 5. The first-order valence-corrected chi connectivity index (χ1v) is 9.85. The van der Waals surface area contributed by atoms with Crippen molar-refractivity contribution in [3.63, 3.8) is 0 Å². The Labute approximate surface area is 147 Å². The first-order chi connectivity index (χ1) is 11.9. The average Bonchev–Trinajstić information content (AvgIpc) is 2.89. The summed E-state index contributed by atoms with van der Waals surface area (Å²) < 4.78 is 29.4. The number of hydrogen-bond donors (Lipinski definition) is 1. The summed E-state index contributed by atoms with van der Waals surface area (Å²) in [7, 11) is -3.11. The highest BCUT2D eigenvalue weighted by atomic mass is 32.2. The van der Waals surface area contributed by atoms with Crippen LogP contribution in [0.25, 0.3) is 0 Å². The Hall–Kier alpha value is -2.41. The van der Waals surface area contributed by atoms with E-state index in [0.29, 0.717) is 30.0 Å². The summed E-state index contributed by atoms with van der Waals surface area (Å²) >= 11 is 0. The lowest BCUT2D eigenvalue weighted by Gasteiger charge is -2.13. The van der Waals surface area contributed by atoms with Crippen molar-refractivity contribution < 1.29 is 17.9 Å². The van der Waals surface area contributed by atoms with Crippen molar-refractivity contribution in [2.75, 3.05) is 11.1 Å². The Morgan fingerprint density at radius 2 is 2.00 bits per heavy atom. The predicted molar refractivity (Wildman–Crippen MR) is 95.5 cm³/mol. The number of aryl methyl sites for hydroxylation is 1. The van der Waals surface area contributed by atoms with Crippen LogP contribution in [-0.2, 0) is 14.6 Å². The number of amides is 1.